The van der Waals surface area contributed by atoms with E-state index in [9.17, 15) is 0 Å². The summed E-state index contributed by atoms with van der Waals surface area (Å²) in [6, 6.07) is 0. The third-order valence-corrected chi connectivity index (χ3v) is 4.23. The quantitative estimate of drug-likeness (QED) is 0.483. The van der Waals surface area contributed by atoms with Crippen molar-refractivity contribution in [2.24, 2.45) is 29.6 Å². The first-order valence-electron chi connectivity index (χ1n) is 4.70. The van der Waals surface area contributed by atoms with E-state index >= 15 is 0 Å². The van der Waals surface area contributed by atoms with Crippen LogP contribution in [0.5, 0.6) is 0 Å². The molecule has 2 unspecified atom stereocenters. The number of fused-ring (bicyclic) bond motifs is 2. The van der Waals surface area contributed by atoms with Gasteiger partial charge in [0.1, 0.15) is 0 Å². The molecule has 2 saturated carbocycles. The molecule has 0 saturated heterocycles. The molecule has 0 amide bonds. The standard InChI is InChI=1S/C10H18/c1-6-4-9-5-10(6)8(3)7(9)2/h6-10H,4-5H2,1-3H3/t6-,7+,8+,9?,10?/m0/s1. The summed E-state index contributed by atoms with van der Waals surface area (Å²) in [5, 5.41) is 0. The first-order valence-corrected chi connectivity index (χ1v) is 4.70. The van der Waals surface area contributed by atoms with Gasteiger partial charge in [-0.3, -0.25) is 0 Å². The fourth-order valence-electron chi connectivity index (χ4n) is 3.31. The fourth-order valence-corrected chi connectivity index (χ4v) is 3.31. The Bertz CT molecular complexity index is 137. The van der Waals surface area contributed by atoms with Gasteiger partial charge in [-0.05, 0) is 42.4 Å². The zero-order valence-corrected chi connectivity index (χ0v) is 7.30. The highest BCUT2D eigenvalue weighted by atomic mass is 14.5. The Morgan fingerprint density at radius 1 is 0.900 bits per heavy atom. The Labute approximate surface area is 64.0 Å². The minimum Gasteiger partial charge on any atom is -0.0622 e. The van der Waals surface area contributed by atoms with Crippen LogP contribution in [0.3, 0.4) is 0 Å². The van der Waals surface area contributed by atoms with Crippen LogP contribution in [-0.2, 0) is 0 Å². The van der Waals surface area contributed by atoms with E-state index in [0.717, 1.165) is 29.6 Å². The van der Waals surface area contributed by atoms with Crippen molar-refractivity contribution in [3.8, 4) is 0 Å². The Hall–Kier alpha value is 0. The molecule has 0 aromatic rings. The first kappa shape index (κ1) is 6.69. The molecule has 0 N–H and O–H groups in total. The van der Waals surface area contributed by atoms with Crippen LogP contribution in [0, 0.1) is 29.6 Å². The molecule has 2 aliphatic carbocycles. The lowest BCUT2D eigenvalue weighted by Crippen LogP contribution is -2.22. The van der Waals surface area contributed by atoms with Crippen LogP contribution in [0.15, 0.2) is 0 Å². The summed E-state index contributed by atoms with van der Waals surface area (Å²) < 4.78 is 0. The van der Waals surface area contributed by atoms with Gasteiger partial charge in [-0.25, -0.2) is 0 Å². The van der Waals surface area contributed by atoms with Gasteiger partial charge in [0.25, 0.3) is 0 Å². The highest BCUT2D eigenvalue weighted by Crippen LogP contribution is 2.54. The highest BCUT2D eigenvalue weighted by Gasteiger charge is 2.46. The average Bonchev–Trinajstić information content (AvgIpc) is 2.36. The van der Waals surface area contributed by atoms with Crippen molar-refractivity contribution in [3.05, 3.63) is 0 Å². The normalized spacial score (nSPS) is 59.7. The second-order valence-corrected chi connectivity index (χ2v) is 4.59. The van der Waals surface area contributed by atoms with Crippen molar-refractivity contribution in [1.29, 1.82) is 0 Å². The molecule has 0 nitrogen and oxygen atoms in total. The fraction of sp³-hybridized carbons (Fsp3) is 1.00. The zero-order valence-electron chi connectivity index (χ0n) is 7.30. The number of hydrogen-bond donors (Lipinski definition) is 0. The molecular weight excluding hydrogens is 120 g/mol. The van der Waals surface area contributed by atoms with Crippen LogP contribution < -0.4 is 0 Å². The molecule has 2 bridgehead atoms. The van der Waals surface area contributed by atoms with Gasteiger partial charge < -0.3 is 0 Å². The molecule has 0 radical (unpaired) electrons. The van der Waals surface area contributed by atoms with Gasteiger partial charge >= 0.3 is 0 Å². The lowest BCUT2D eigenvalue weighted by Gasteiger charge is -2.29. The molecule has 0 spiro atoms. The molecule has 0 aliphatic heterocycles. The monoisotopic (exact) mass is 138 g/mol. The molecule has 0 aromatic heterocycles. The Morgan fingerprint density at radius 2 is 1.60 bits per heavy atom. The maximum absolute atomic E-state index is 2.45. The van der Waals surface area contributed by atoms with E-state index in [1.807, 2.05) is 0 Å². The average molecular weight is 138 g/mol. The molecule has 10 heavy (non-hydrogen) atoms. The number of hydrogen-bond acceptors (Lipinski definition) is 0. The summed E-state index contributed by atoms with van der Waals surface area (Å²) in [7, 11) is 0. The molecule has 58 valence electrons. The third kappa shape index (κ3) is 0.681. The Morgan fingerprint density at radius 3 is 2.00 bits per heavy atom. The summed E-state index contributed by atoms with van der Waals surface area (Å²) in [6.45, 7) is 7.33. The van der Waals surface area contributed by atoms with E-state index < -0.39 is 0 Å². The minimum atomic E-state index is 1.02. The van der Waals surface area contributed by atoms with Crippen molar-refractivity contribution in [1.82, 2.24) is 0 Å². The first-order chi connectivity index (χ1) is 4.70. The lowest BCUT2D eigenvalue weighted by atomic mass is 9.77. The molecule has 0 heterocycles. The van der Waals surface area contributed by atoms with Gasteiger partial charge in [0.05, 0.1) is 0 Å². The second kappa shape index (κ2) is 1.99. The molecule has 0 heteroatoms. The Balaban J connectivity index is 2.16. The summed E-state index contributed by atoms with van der Waals surface area (Å²) >= 11 is 0. The van der Waals surface area contributed by atoms with Gasteiger partial charge in [0.15, 0.2) is 0 Å². The zero-order chi connectivity index (χ0) is 7.30. The summed E-state index contributed by atoms with van der Waals surface area (Å²) in [4.78, 5) is 0. The maximum atomic E-state index is 2.45. The van der Waals surface area contributed by atoms with Crippen molar-refractivity contribution in [2.45, 2.75) is 33.6 Å². The topological polar surface area (TPSA) is 0 Å². The van der Waals surface area contributed by atoms with Gasteiger partial charge in [-0.2, -0.15) is 0 Å². The number of rotatable bonds is 0. The SMILES string of the molecule is C[C@H]1CC2CC1[C@H](C)[C@H]2C. The highest BCUT2D eigenvalue weighted by molar-refractivity contribution is 4.95. The van der Waals surface area contributed by atoms with E-state index in [1.165, 1.54) is 6.42 Å². The molecular formula is C10H18. The minimum absolute atomic E-state index is 1.02. The van der Waals surface area contributed by atoms with Crippen LogP contribution >= 0.6 is 0 Å². The third-order valence-electron chi connectivity index (χ3n) is 4.23. The van der Waals surface area contributed by atoms with E-state index in [0.29, 0.717) is 0 Å². The summed E-state index contributed by atoms with van der Waals surface area (Å²) in [5.41, 5.74) is 0. The second-order valence-electron chi connectivity index (χ2n) is 4.59. The predicted octanol–water partition coefficient (Wildman–Crippen LogP) is 2.93. The summed E-state index contributed by atoms with van der Waals surface area (Å²) in [6.07, 6.45) is 3.07. The lowest BCUT2D eigenvalue weighted by molar-refractivity contribution is 0.201. The van der Waals surface area contributed by atoms with E-state index in [4.69, 9.17) is 0 Å². The van der Waals surface area contributed by atoms with Gasteiger partial charge in [-0.1, -0.05) is 20.8 Å². The van der Waals surface area contributed by atoms with Crippen molar-refractivity contribution in [2.75, 3.05) is 0 Å². The molecule has 0 aromatic carbocycles. The van der Waals surface area contributed by atoms with Crippen LogP contribution in [0.25, 0.3) is 0 Å². The largest absolute Gasteiger partial charge is 0.0622 e. The molecule has 2 rings (SSSR count). The van der Waals surface area contributed by atoms with Crippen LogP contribution in [0.1, 0.15) is 33.6 Å². The van der Waals surface area contributed by atoms with Gasteiger partial charge in [0, 0.05) is 0 Å². The van der Waals surface area contributed by atoms with Crippen LogP contribution in [-0.4, -0.2) is 0 Å². The van der Waals surface area contributed by atoms with Crippen molar-refractivity contribution < 1.29 is 0 Å². The van der Waals surface area contributed by atoms with Crippen molar-refractivity contribution in [3.63, 3.8) is 0 Å². The van der Waals surface area contributed by atoms with E-state index in [1.54, 1.807) is 6.42 Å². The predicted molar refractivity (Wildman–Crippen MR) is 43.7 cm³/mol. The molecule has 2 fully saturated rings. The summed E-state index contributed by atoms with van der Waals surface area (Å²) in [5.74, 6) is 5.26. The molecule has 2 aliphatic rings. The van der Waals surface area contributed by atoms with Crippen LogP contribution in [0.4, 0.5) is 0 Å². The Kier molecular flexibility index (Phi) is 1.33. The van der Waals surface area contributed by atoms with Gasteiger partial charge in [0.2, 0.25) is 0 Å². The van der Waals surface area contributed by atoms with Crippen LogP contribution in [0.2, 0.25) is 0 Å². The van der Waals surface area contributed by atoms with E-state index in [2.05, 4.69) is 20.8 Å². The van der Waals surface area contributed by atoms with Crippen molar-refractivity contribution >= 4 is 0 Å². The molecule has 5 atom stereocenters. The van der Waals surface area contributed by atoms with E-state index in [-0.39, 0.29) is 0 Å². The maximum Gasteiger partial charge on any atom is -0.0357 e. The smallest absolute Gasteiger partial charge is 0.0357 e. The van der Waals surface area contributed by atoms with Gasteiger partial charge in [-0.15, -0.1) is 0 Å².